The number of carbonyl (C=O) groups excluding carboxylic acids is 2. The minimum atomic E-state index is -0.589. The number of nitro benzene ring substituents is 1. The molecular formula is C21H23NO6. The van der Waals surface area contributed by atoms with Gasteiger partial charge in [-0.05, 0) is 31.0 Å². The van der Waals surface area contributed by atoms with Gasteiger partial charge in [0.2, 0.25) is 0 Å². The third-order valence-corrected chi connectivity index (χ3v) is 4.51. The normalized spacial score (nSPS) is 12.7. The second kappa shape index (κ2) is 9.64. The molecule has 0 radical (unpaired) electrons. The van der Waals surface area contributed by atoms with Gasteiger partial charge in [-0.15, -0.1) is 0 Å². The maximum atomic E-state index is 12.4. The Bertz CT molecular complexity index is 829. The van der Waals surface area contributed by atoms with Crippen LogP contribution < -0.4 is 0 Å². The number of nitrogens with zero attached hydrogens (tertiary/aromatic N) is 1. The molecule has 7 heteroatoms. The summed E-state index contributed by atoms with van der Waals surface area (Å²) in [5.41, 5.74) is 1.98. The summed E-state index contributed by atoms with van der Waals surface area (Å²) in [6.45, 7) is 3.81. The number of nitro groups is 1. The molecule has 0 aromatic heterocycles. The standard InChI is InChI=1S/C21H23NO6/c1-4-18(28-20(23)16-9-11-17(12-10-16)22(25)26)13-19(21(24)27-3)15-7-5-14(2)6-8-15/h5-12,18-19H,4,13H2,1-3H3/t18-,19+/m1/s1. The monoisotopic (exact) mass is 385 g/mol. The molecule has 2 rings (SSSR count). The lowest BCUT2D eigenvalue weighted by Gasteiger charge is -2.22. The number of benzene rings is 2. The van der Waals surface area contributed by atoms with E-state index in [-0.39, 0.29) is 17.7 Å². The van der Waals surface area contributed by atoms with E-state index in [1.165, 1.54) is 31.4 Å². The minimum absolute atomic E-state index is 0.103. The summed E-state index contributed by atoms with van der Waals surface area (Å²) in [6, 6.07) is 12.8. The zero-order valence-electron chi connectivity index (χ0n) is 16.1. The highest BCUT2D eigenvalue weighted by molar-refractivity contribution is 5.89. The molecule has 0 amide bonds. The van der Waals surface area contributed by atoms with E-state index >= 15 is 0 Å². The van der Waals surface area contributed by atoms with Crippen molar-refractivity contribution in [1.29, 1.82) is 0 Å². The van der Waals surface area contributed by atoms with Crippen LogP contribution in [-0.2, 0) is 14.3 Å². The van der Waals surface area contributed by atoms with Gasteiger partial charge in [-0.2, -0.15) is 0 Å². The Labute approximate surface area is 163 Å². The topological polar surface area (TPSA) is 95.7 Å². The van der Waals surface area contributed by atoms with E-state index in [2.05, 4.69) is 0 Å². The maximum absolute atomic E-state index is 12.4. The molecule has 148 valence electrons. The van der Waals surface area contributed by atoms with Crippen molar-refractivity contribution < 1.29 is 24.0 Å². The number of carbonyl (C=O) groups is 2. The van der Waals surface area contributed by atoms with Crippen molar-refractivity contribution in [3.05, 3.63) is 75.3 Å². The summed E-state index contributed by atoms with van der Waals surface area (Å²) in [5, 5.41) is 10.7. The van der Waals surface area contributed by atoms with Crippen molar-refractivity contribution in [2.45, 2.75) is 38.7 Å². The Morgan fingerprint density at radius 3 is 2.18 bits per heavy atom. The predicted octanol–water partition coefficient (Wildman–Crippen LogP) is 4.19. The zero-order chi connectivity index (χ0) is 20.7. The first-order valence-corrected chi connectivity index (χ1v) is 8.95. The SMILES string of the molecule is CC[C@H](C[C@H](C(=O)OC)c1ccc(C)cc1)OC(=O)c1ccc([N+](=O)[O-])cc1. The molecule has 28 heavy (non-hydrogen) atoms. The average molecular weight is 385 g/mol. The van der Waals surface area contributed by atoms with Crippen LogP contribution in [0.2, 0.25) is 0 Å². The Morgan fingerprint density at radius 2 is 1.68 bits per heavy atom. The smallest absolute Gasteiger partial charge is 0.338 e. The van der Waals surface area contributed by atoms with Crippen molar-refractivity contribution in [2.24, 2.45) is 0 Å². The van der Waals surface area contributed by atoms with Crippen LogP contribution in [0.15, 0.2) is 48.5 Å². The van der Waals surface area contributed by atoms with Gasteiger partial charge >= 0.3 is 11.9 Å². The Hall–Kier alpha value is -3.22. The molecule has 0 unspecified atom stereocenters. The van der Waals surface area contributed by atoms with Crippen molar-refractivity contribution in [2.75, 3.05) is 7.11 Å². The van der Waals surface area contributed by atoms with Crippen LogP contribution in [0.1, 0.15) is 47.2 Å². The third-order valence-electron chi connectivity index (χ3n) is 4.51. The molecule has 0 heterocycles. The second-order valence-electron chi connectivity index (χ2n) is 6.46. The van der Waals surface area contributed by atoms with Gasteiger partial charge in [0.05, 0.1) is 23.5 Å². The van der Waals surface area contributed by atoms with Crippen LogP contribution in [0.5, 0.6) is 0 Å². The van der Waals surface area contributed by atoms with Crippen LogP contribution >= 0.6 is 0 Å². The first-order chi connectivity index (χ1) is 13.3. The largest absolute Gasteiger partial charge is 0.469 e. The molecule has 0 fully saturated rings. The predicted molar refractivity (Wildman–Crippen MR) is 103 cm³/mol. The highest BCUT2D eigenvalue weighted by Crippen LogP contribution is 2.26. The van der Waals surface area contributed by atoms with Gasteiger partial charge in [-0.25, -0.2) is 4.79 Å². The molecule has 7 nitrogen and oxygen atoms in total. The first-order valence-electron chi connectivity index (χ1n) is 8.95. The molecular weight excluding hydrogens is 362 g/mol. The van der Waals surface area contributed by atoms with Crippen LogP contribution in [0.25, 0.3) is 0 Å². The quantitative estimate of drug-likeness (QED) is 0.384. The number of ether oxygens (including phenoxy) is 2. The lowest BCUT2D eigenvalue weighted by Crippen LogP contribution is -2.24. The lowest BCUT2D eigenvalue weighted by molar-refractivity contribution is -0.384. The van der Waals surface area contributed by atoms with Crippen LogP contribution in [0, 0.1) is 17.0 Å². The lowest BCUT2D eigenvalue weighted by atomic mass is 9.91. The fourth-order valence-corrected chi connectivity index (χ4v) is 2.81. The van der Waals surface area contributed by atoms with E-state index < -0.39 is 28.9 Å². The van der Waals surface area contributed by atoms with Gasteiger partial charge in [0, 0.05) is 18.6 Å². The van der Waals surface area contributed by atoms with E-state index in [9.17, 15) is 19.7 Å². The number of non-ortho nitro benzene ring substituents is 1. The number of rotatable bonds is 8. The minimum Gasteiger partial charge on any atom is -0.469 e. The first kappa shape index (κ1) is 21.1. The molecule has 0 aliphatic rings. The molecule has 0 bridgehead atoms. The number of hydrogen-bond donors (Lipinski definition) is 0. The summed E-state index contributed by atoms with van der Waals surface area (Å²) >= 11 is 0. The molecule has 0 aliphatic heterocycles. The van der Waals surface area contributed by atoms with E-state index in [1.807, 2.05) is 38.1 Å². The van der Waals surface area contributed by atoms with Crippen LogP contribution in [0.4, 0.5) is 5.69 Å². The van der Waals surface area contributed by atoms with E-state index in [0.717, 1.165) is 11.1 Å². The zero-order valence-corrected chi connectivity index (χ0v) is 16.1. The molecule has 0 aliphatic carbocycles. The fourth-order valence-electron chi connectivity index (χ4n) is 2.81. The van der Waals surface area contributed by atoms with Gasteiger partial charge in [-0.1, -0.05) is 36.8 Å². The van der Waals surface area contributed by atoms with E-state index in [0.29, 0.717) is 6.42 Å². The highest BCUT2D eigenvalue weighted by atomic mass is 16.6. The summed E-state index contributed by atoms with van der Waals surface area (Å²) in [4.78, 5) is 34.9. The van der Waals surface area contributed by atoms with Gasteiger partial charge < -0.3 is 9.47 Å². The molecule has 2 atom stereocenters. The van der Waals surface area contributed by atoms with Crippen molar-refractivity contribution in [3.63, 3.8) is 0 Å². The summed E-state index contributed by atoms with van der Waals surface area (Å²) in [5.74, 6) is -1.54. The van der Waals surface area contributed by atoms with Crippen molar-refractivity contribution >= 4 is 17.6 Å². The maximum Gasteiger partial charge on any atom is 0.338 e. The number of esters is 2. The van der Waals surface area contributed by atoms with Crippen molar-refractivity contribution in [1.82, 2.24) is 0 Å². The van der Waals surface area contributed by atoms with Gasteiger partial charge in [-0.3, -0.25) is 14.9 Å². The Morgan fingerprint density at radius 1 is 1.07 bits per heavy atom. The van der Waals surface area contributed by atoms with Gasteiger partial charge in [0.15, 0.2) is 0 Å². The van der Waals surface area contributed by atoms with Gasteiger partial charge in [0.25, 0.3) is 5.69 Å². The van der Waals surface area contributed by atoms with E-state index in [1.54, 1.807) is 0 Å². The van der Waals surface area contributed by atoms with Crippen molar-refractivity contribution in [3.8, 4) is 0 Å². The Kier molecular flexibility index (Phi) is 7.26. The highest BCUT2D eigenvalue weighted by Gasteiger charge is 2.27. The summed E-state index contributed by atoms with van der Waals surface area (Å²) in [6.07, 6.45) is 0.288. The molecule has 0 saturated heterocycles. The molecule has 2 aromatic carbocycles. The van der Waals surface area contributed by atoms with E-state index in [4.69, 9.17) is 9.47 Å². The second-order valence-corrected chi connectivity index (χ2v) is 6.46. The Balaban J connectivity index is 2.13. The fraction of sp³-hybridized carbons (Fsp3) is 0.333. The summed E-state index contributed by atoms with van der Waals surface area (Å²) < 4.78 is 10.5. The number of methoxy groups -OCH3 is 1. The van der Waals surface area contributed by atoms with Crippen LogP contribution in [0.3, 0.4) is 0 Å². The summed E-state index contributed by atoms with van der Waals surface area (Å²) in [7, 11) is 1.33. The van der Waals surface area contributed by atoms with Gasteiger partial charge in [0.1, 0.15) is 6.10 Å². The molecule has 2 aromatic rings. The van der Waals surface area contributed by atoms with Crippen LogP contribution in [-0.4, -0.2) is 30.1 Å². The third kappa shape index (κ3) is 5.39. The molecule has 0 N–H and O–H groups in total. The average Bonchev–Trinajstić information content (AvgIpc) is 2.71. The molecule has 0 saturated carbocycles. The number of hydrogen-bond acceptors (Lipinski definition) is 6. The number of aryl methyl sites for hydroxylation is 1. The molecule has 0 spiro atoms.